The number of anilines is 2. The fraction of sp³-hybridized carbons (Fsp3) is 0.167. The molecule has 0 bridgehead atoms. The van der Waals surface area contributed by atoms with Gasteiger partial charge >= 0.3 is 6.18 Å². The van der Waals surface area contributed by atoms with Crippen LogP contribution in [0.25, 0.3) is 0 Å². The molecule has 0 saturated carbocycles. The molecule has 2 amide bonds. The van der Waals surface area contributed by atoms with Gasteiger partial charge in [-0.1, -0.05) is 11.6 Å². The number of hydrogen-bond donors (Lipinski definition) is 3. The molecule has 1 unspecified atom stereocenters. The lowest BCUT2D eigenvalue weighted by Gasteiger charge is -2.12. The van der Waals surface area contributed by atoms with Gasteiger partial charge < -0.3 is 16.4 Å². The lowest BCUT2D eigenvalue weighted by Crippen LogP contribution is -2.28. The Morgan fingerprint density at radius 1 is 1.19 bits per heavy atom. The molecule has 4 N–H and O–H groups in total. The van der Waals surface area contributed by atoms with Crippen molar-refractivity contribution >= 4 is 46.3 Å². The number of carbonyl (C=O) groups excluding carboxylic acids is 2. The molecule has 3 aromatic rings. The first-order valence-electron chi connectivity index (χ1n) is 8.68. The minimum Gasteiger partial charge on any atom is -0.382 e. The van der Waals surface area contributed by atoms with Gasteiger partial charge in [0.1, 0.15) is 32.9 Å². The lowest BCUT2D eigenvalue weighted by atomic mass is 10.2. The molecule has 0 aliphatic rings. The predicted molar refractivity (Wildman–Crippen MR) is 109 cm³/mol. The summed E-state index contributed by atoms with van der Waals surface area (Å²) in [6, 6.07) is 1.45. The first kappa shape index (κ1) is 23.3. The molecule has 32 heavy (non-hydrogen) atoms. The van der Waals surface area contributed by atoms with Crippen LogP contribution in [0.15, 0.2) is 30.7 Å². The lowest BCUT2D eigenvalue weighted by molar-refractivity contribution is -0.139. The highest BCUT2D eigenvalue weighted by Crippen LogP contribution is 2.33. The van der Waals surface area contributed by atoms with Gasteiger partial charge in [-0.25, -0.2) is 19.3 Å². The van der Waals surface area contributed by atoms with Crippen molar-refractivity contribution in [3.63, 3.8) is 0 Å². The average molecular weight is 489 g/mol. The van der Waals surface area contributed by atoms with Crippen molar-refractivity contribution in [3.05, 3.63) is 62.7 Å². The van der Waals surface area contributed by atoms with Crippen LogP contribution in [0.3, 0.4) is 0 Å². The number of nitrogens with one attached hydrogen (secondary N) is 2. The maximum absolute atomic E-state index is 13.4. The van der Waals surface area contributed by atoms with E-state index in [2.05, 4.69) is 25.6 Å². The summed E-state index contributed by atoms with van der Waals surface area (Å²) >= 11 is 6.82. The number of nitrogen functional groups attached to an aromatic ring is 1. The summed E-state index contributed by atoms with van der Waals surface area (Å²) in [7, 11) is 0. The van der Waals surface area contributed by atoms with Crippen molar-refractivity contribution in [1.29, 1.82) is 0 Å². The molecule has 3 rings (SSSR count). The fourth-order valence-corrected chi connectivity index (χ4v) is 3.47. The first-order chi connectivity index (χ1) is 15.0. The van der Waals surface area contributed by atoms with Crippen LogP contribution in [0, 0.1) is 5.82 Å². The van der Waals surface area contributed by atoms with E-state index in [0.29, 0.717) is 17.1 Å². The van der Waals surface area contributed by atoms with Gasteiger partial charge in [-0.2, -0.15) is 13.2 Å². The summed E-state index contributed by atoms with van der Waals surface area (Å²) in [5.74, 6) is -2.92. The molecular formula is C18H13ClF4N6O2S. The Labute approximate surface area is 186 Å². The zero-order chi connectivity index (χ0) is 23.6. The first-order valence-corrected chi connectivity index (χ1v) is 9.87. The second kappa shape index (κ2) is 9.04. The number of benzene rings is 1. The van der Waals surface area contributed by atoms with Gasteiger partial charge in [0, 0.05) is 5.69 Å². The molecule has 0 aliphatic heterocycles. The molecule has 2 aromatic heterocycles. The molecule has 2 heterocycles. The fourth-order valence-electron chi connectivity index (χ4n) is 2.47. The van der Waals surface area contributed by atoms with Crippen molar-refractivity contribution < 1.29 is 27.2 Å². The normalized spacial score (nSPS) is 12.3. The van der Waals surface area contributed by atoms with Gasteiger partial charge in [0.05, 0.1) is 17.8 Å². The number of carbonyl (C=O) groups is 2. The summed E-state index contributed by atoms with van der Waals surface area (Å²) < 4.78 is 51.9. The highest BCUT2D eigenvalue weighted by atomic mass is 35.5. The van der Waals surface area contributed by atoms with Gasteiger partial charge in [0.2, 0.25) is 0 Å². The molecule has 0 saturated heterocycles. The summed E-state index contributed by atoms with van der Waals surface area (Å²) in [4.78, 5) is 36.3. The van der Waals surface area contributed by atoms with Crippen LogP contribution >= 0.6 is 22.9 Å². The maximum Gasteiger partial charge on any atom is 0.419 e. The van der Waals surface area contributed by atoms with Crippen LogP contribution < -0.4 is 16.4 Å². The molecule has 0 fully saturated rings. The van der Waals surface area contributed by atoms with Crippen LogP contribution in [-0.2, 0) is 6.18 Å². The van der Waals surface area contributed by atoms with E-state index in [-0.39, 0.29) is 27.1 Å². The van der Waals surface area contributed by atoms with Crippen LogP contribution in [-0.4, -0.2) is 26.8 Å². The minimum absolute atomic E-state index is 0.0586. The van der Waals surface area contributed by atoms with E-state index in [1.165, 1.54) is 6.20 Å². The van der Waals surface area contributed by atoms with E-state index in [4.69, 9.17) is 17.3 Å². The topological polar surface area (TPSA) is 123 Å². The molecule has 0 radical (unpaired) electrons. The average Bonchev–Trinajstić information content (AvgIpc) is 3.21. The number of halogens is 5. The van der Waals surface area contributed by atoms with Crippen LogP contribution in [0.5, 0.6) is 0 Å². The number of aromatic nitrogens is 3. The second-order valence-electron chi connectivity index (χ2n) is 6.33. The van der Waals surface area contributed by atoms with E-state index < -0.39 is 35.4 Å². The molecular weight excluding hydrogens is 476 g/mol. The molecule has 0 aliphatic carbocycles. The van der Waals surface area contributed by atoms with E-state index >= 15 is 0 Å². The van der Waals surface area contributed by atoms with Crippen molar-refractivity contribution in [2.45, 2.75) is 19.1 Å². The monoisotopic (exact) mass is 488 g/mol. The Morgan fingerprint density at radius 3 is 2.59 bits per heavy atom. The van der Waals surface area contributed by atoms with E-state index in [1.807, 2.05) is 0 Å². The maximum atomic E-state index is 13.4. The van der Waals surface area contributed by atoms with Crippen molar-refractivity contribution in [1.82, 2.24) is 20.3 Å². The van der Waals surface area contributed by atoms with Crippen molar-refractivity contribution in [2.75, 3.05) is 11.1 Å². The Kier molecular flexibility index (Phi) is 6.60. The summed E-state index contributed by atoms with van der Waals surface area (Å²) in [5.41, 5.74) is 3.66. The molecule has 8 nitrogen and oxygen atoms in total. The highest BCUT2D eigenvalue weighted by Gasteiger charge is 2.34. The highest BCUT2D eigenvalue weighted by molar-refractivity contribution is 7.13. The number of nitrogens with zero attached hydrogens (tertiary/aromatic N) is 3. The number of hydrogen-bond acceptors (Lipinski definition) is 7. The quantitative estimate of drug-likeness (QED) is 0.465. The zero-order valence-corrected chi connectivity index (χ0v) is 17.6. The molecule has 1 atom stereocenters. The smallest absolute Gasteiger partial charge is 0.382 e. The predicted octanol–water partition coefficient (Wildman–Crippen LogP) is 4.07. The van der Waals surface area contributed by atoms with Gasteiger partial charge in [0.25, 0.3) is 11.8 Å². The Morgan fingerprint density at radius 2 is 1.91 bits per heavy atom. The summed E-state index contributed by atoms with van der Waals surface area (Å²) in [5, 5.41) is 5.07. The SMILES string of the molecule is CC(NC(=O)c1ncnc(N)c1Cl)c1ncc(C(=O)Nc2ccc(F)c(C(F)(F)F)c2)s1. The van der Waals surface area contributed by atoms with Gasteiger partial charge in [-0.05, 0) is 25.1 Å². The minimum atomic E-state index is -4.91. The molecule has 0 spiro atoms. The number of nitrogens with two attached hydrogens (primary N) is 1. The van der Waals surface area contributed by atoms with E-state index in [9.17, 15) is 27.2 Å². The number of alkyl halides is 3. The summed E-state index contributed by atoms with van der Waals surface area (Å²) in [6.07, 6.45) is -2.64. The number of amides is 2. The molecule has 14 heteroatoms. The van der Waals surface area contributed by atoms with Crippen LogP contribution in [0.1, 0.15) is 43.7 Å². The molecule has 1 aromatic carbocycles. The third-order valence-electron chi connectivity index (χ3n) is 4.03. The third-order valence-corrected chi connectivity index (χ3v) is 5.58. The van der Waals surface area contributed by atoms with Crippen LogP contribution in [0.2, 0.25) is 5.02 Å². The number of rotatable bonds is 5. The van der Waals surface area contributed by atoms with Gasteiger partial charge in [-0.15, -0.1) is 11.3 Å². The summed E-state index contributed by atoms with van der Waals surface area (Å²) in [6.45, 7) is 1.59. The van der Waals surface area contributed by atoms with Crippen molar-refractivity contribution in [2.24, 2.45) is 0 Å². The zero-order valence-electron chi connectivity index (χ0n) is 16.0. The third kappa shape index (κ3) is 5.11. The second-order valence-corrected chi connectivity index (χ2v) is 7.77. The standard InChI is InChI=1S/C18H13ClF4N6O2S/c1-7(28-16(31)13-12(19)14(24)27-6-26-13)17-25-5-11(32-17)15(30)29-8-2-3-10(20)9(4-8)18(21,22)23/h2-7H,1H3,(H,28,31)(H,29,30)(H2,24,26,27). The Hall–Kier alpha value is -3.32. The number of thiazole rings is 1. The Bertz CT molecular complexity index is 1190. The van der Waals surface area contributed by atoms with Crippen LogP contribution in [0.4, 0.5) is 29.1 Å². The van der Waals surface area contributed by atoms with E-state index in [0.717, 1.165) is 23.7 Å². The van der Waals surface area contributed by atoms with Gasteiger partial charge in [0.15, 0.2) is 5.69 Å². The van der Waals surface area contributed by atoms with Gasteiger partial charge in [-0.3, -0.25) is 9.59 Å². The van der Waals surface area contributed by atoms with Crippen molar-refractivity contribution in [3.8, 4) is 0 Å². The van der Waals surface area contributed by atoms with E-state index in [1.54, 1.807) is 6.92 Å². The molecule has 168 valence electrons. The largest absolute Gasteiger partial charge is 0.419 e. The Balaban J connectivity index is 1.70.